The van der Waals surface area contributed by atoms with Crippen LogP contribution in [0.15, 0.2) is 16.6 Å². The molecule has 0 spiro atoms. The van der Waals surface area contributed by atoms with Gasteiger partial charge >= 0.3 is 0 Å². The van der Waals surface area contributed by atoms with E-state index in [0.717, 1.165) is 17.7 Å². The van der Waals surface area contributed by atoms with Crippen molar-refractivity contribution >= 4 is 5.71 Å². The van der Waals surface area contributed by atoms with Crippen LogP contribution in [0.1, 0.15) is 20.3 Å². The zero-order valence-corrected chi connectivity index (χ0v) is 6.51. The number of hydrogen-bond acceptors (Lipinski definition) is 2. The third kappa shape index (κ3) is 0.988. The predicted molar refractivity (Wildman–Crippen MR) is 39.6 cm³/mol. The van der Waals surface area contributed by atoms with Gasteiger partial charge in [-0.05, 0) is 13.3 Å². The highest BCUT2D eigenvalue weighted by Gasteiger charge is 2.15. The van der Waals surface area contributed by atoms with Gasteiger partial charge in [0.1, 0.15) is 0 Å². The third-order valence-corrected chi connectivity index (χ3v) is 1.53. The number of ether oxygens (including phenoxy) is 1. The first-order valence-corrected chi connectivity index (χ1v) is 3.32. The molecule has 3 nitrogen and oxygen atoms in total. The van der Waals surface area contributed by atoms with Crippen molar-refractivity contribution in [3.63, 3.8) is 0 Å². The van der Waals surface area contributed by atoms with E-state index in [4.69, 9.17) is 4.74 Å². The minimum atomic E-state index is 0.667. The molecule has 55 valence electrons. The number of methoxy groups -OCH3 is 1. The molecule has 0 N–H and O–H groups in total. The average molecular weight is 139 g/mol. The smallest absolute Gasteiger partial charge is 0.238 e. The summed E-state index contributed by atoms with van der Waals surface area (Å²) in [6.45, 7) is 4.00. The maximum Gasteiger partial charge on any atom is 0.238 e. The Labute approximate surface area is 60.8 Å². The molecule has 1 heterocycles. The summed E-state index contributed by atoms with van der Waals surface area (Å²) in [6.07, 6.45) is 0.933. The van der Waals surface area contributed by atoms with Crippen molar-refractivity contribution in [1.29, 1.82) is 0 Å². The Morgan fingerprint density at radius 1 is 1.50 bits per heavy atom. The lowest BCUT2D eigenvalue weighted by Gasteiger charge is -1.99. The minimum Gasteiger partial charge on any atom is -0.480 e. The van der Waals surface area contributed by atoms with E-state index in [-0.39, 0.29) is 0 Å². The maximum atomic E-state index is 4.98. The lowest BCUT2D eigenvalue weighted by atomic mass is 10.1. The second-order valence-electron chi connectivity index (χ2n) is 2.13. The molecule has 0 aliphatic carbocycles. The molecule has 0 aromatic carbocycles. The van der Waals surface area contributed by atoms with E-state index in [2.05, 4.69) is 17.5 Å². The van der Waals surface area contributed by atoms with Crippen LogP contribution in [-0.2, 0) is 4.74 Å². The molecule has 1 aliphatic rings. The van der Waals surface area contributed by atoms with Crippen molar-refractivity contribution < 1.29 is 4.74 Å². The van der Waals surface area contributed by atoms with Gasteiger partial charge in [-0.15, -0.1) is 5.43 Å². The first-order valence-electron chi connectivity index (χ1n) is 3.32. The van der Waals surface area contributed by atoms with Gasteiger partial charge in [-0.3, -0.25) is 0 Å². The van der Waals surface area contributed by atoms with Gasteiger partial charge in [-0.25, -0.2) is 0 Å². The summed E-state index contributed by atoms with van der Waals surface area (Å²) in [5.74, 6) is 0.667. The SMILES string of the molecule is CCC1=C(OC)[N]N=C1C. The molecule has 1 radical (unpaired) electrons. The van der Waals surface area contributed by atoms with Gasteiger partial charge in [0.2, 0.25) is 5.88 Å². The Hall–Kier alpha value is -0.990. The number of allylic oxidation sites excluding steroid dienone is 1. The van der Waals surface area contributed by atoms with Crippen LogP contribution in [0.4, 0.5) is 0 Å². The molecule has 0 saturated carbocycles. The lowest BCUT2D eigenvalue weighted by molar-refractivity contribution is 0.261. The van der Waals surface area contributed by atoms with Crippen molar-refractivity contribution in [2.24, 2.45) is 5.10 Å². The summed E-state index contributed by atoms with van der Waals surface area (Å²) in [5.41, 5.74) is 5.92. The van der Waals surface area contributed by atoms with Crippen molar-refractivity contribution in [1.82, 2.24) is 5.43 Å². The molecule has 1 aliphatic heterocycles. The van der Waals surface area contributed by atoms with E-state index in [1.54, 1.807) is 7.11 Å². The fourth-order valence-corrected chi connectivity index (χ4v) is 0.967. The highest BCUT2D eigenvalue weighted by molar-refractivity contribution is 5.99. The molecule has 0 amide bonds. The quantitative estimate of drug-likeness (QED) is 0.567. The Morgan fingerprint density at radius 2 is 2.20 bits per heavy atom. The van der Waals surface area contributed by atoms with Crippen LogP contribution in [0.5, 0.6) is 0 Å². The summed E-state index contributed by atoms with van der Waals surface area (Å²) < 4.78 is 4.98. The Morgan fingerprint density at radius 3 is 2.60 bits per heavy atom. The maximum absolute atomic E-state index is 4.98. The summed E-state index contributed by atoms with van der Waals surface area (Å²) in [4.78, 5) is 0. The summed E-state index contributed by atoms with van der Waals surface area (Å²) >= 11 is 0. The topological polar surface area (TPSA) is 35.7 Å². The average Bonchev–Trinajstić information content (AvgIpc) is 2.30. The van der Waals surface area contributed by atoms with Crippen LogP contribution in [0, 0.1) is 0 Å². The number of nitrogens with zero attached hydrogens (tertiary/aromatic N) is 2. The molecule has 0 aromatic heterocycles. The van der Waals surface area contributed by atoms with E-state index in [9.17, 15) is 0 Å². The molecule has 0 saturated heterocycles. The minimum absolute atomic E-state index is 0.667. The number of hydrogen-bond donors (Lipinski definition) is 0. The molecule has 0 aromatic rings. The van der Waals surface area contributed by atoms with Gasteiger partial charge in [-0.2, -0.15) is 5.10 Å². The first-order chi connectivity index (χ1) is 4.79. The Kier molecular flexibility index (Phi) is 1.94. The van der Waals surface area contributed by atoms with Crippen molar-refractivity contribution in [3.05, 3.63) is 11.5 Å². The van der Waals surface area contributed by atoms with Gasteiger partial charge in [0, 0.05) is 5.57 Å². The van der Waals surface area contributed by atoms with Gasteiger partial charge in [0.15, 0.2) is 0 Å². The van der Waals surface area contributed by atoms with Crippen molar-refractivity contribution in [3.8, 4) is 0 Å². The fourth-order valence-electron chi connectivity index (χ4n) is 0.967. The summed E-state index contributed by atoms with van der Waals surface area (Å²) in [5, 5.41) is 3.88. The largest absolute Gasteiger partial charge is 0.480 e. The van der Waals surface area contributed by atoms with E-state index in [1.165, 1.54) is 0 Å². The predicted octanol–water partition coefficient (Wildman–Crippen LogP) is 1.25. The van der Waals surface area contributed by atoms with Crippen LogP contribution < -0.4 is 5.43 Å². The van der Waals surface area contributed by atoms with Gasteiger partial charge in [0.05, 0.1) is 12.8 Å². The van der Waals surface area contributed by atoms with Crippen LogP contribution in [0.25, 0.3) is 0 Å². The molecular weight excluding hydrogens is 128 g/mol. The Bertz CT molecular complexity index is 194. The van der Waals surface area contributed by atoms with E-state index in [0.29, 0.717) is 5.88 Å². The standard InChI is InChI=1S/C7H11N2O/c1-4-6-5(2)8-9-7(6)10-3/h4H2,1-3H3. The number of rotatable bonds is 2. The molecule has 1 rings (SSSR count). The lowest BCUT2D eigenvalue weighted by Crippen LogP contribution is -1.98. The van der Waals surface area contributed by atoms with Crippen molar-refractivity contribution in [2.45, 2.75) is 20.3 Å². The molecule has 0 atom stereocenters. The molecule has 10 heavy (non-hydrogen) atoms. The first kappa shape index (κ1) is 7.12. The van der Waals surface area contributed by atoms with Crippen molar-refractivity contribution in [2.75, 3.05) is 7.11 Å². The molecule has 3 heteroatoms. The highest BCUT2D eigenvalue weighted by atomic mass is 16.5. The van der Waals surface area contributed by atoms with Crippen LogP contribution >= 0.6 is 0 Å². The molecule has 0 unspecified atom stereocenters. The summed E-state index contributed by atoms with van der Waals surface area (Å²) in [6, 6.07) is 0. The van der Waals surface area contributed by atoms with Crippen LogP contribution in [-0.4, -0.2) is 12.8 Å². The van der Waals surface area contributed by atoms with Crippen LogP contribution in [0.2, 0.25) is 0 Å². The van der Waals surface area contributed by atoms with Gasteiger partial charge < -0.3 is 4.74 Å². The van der Waals surface area contributed by atoms with Gasteiger partial charge in [-0.1, -0.05) is 6.92 Å². The van der Waals surface area contributed by atoms with E-state index in [1.807, 2.05) is 6.92 Å². The molecule has 0 fully saturated rings. The third-order valence-electron chi connectivity index (χ3n) is 1.53. The highest BCUT2D eigenvalue weighted by Crippen LogP contribution is 2.15. The molecular formula is C7H11N2O. The second kappa shape index (κ2) is 2.73. The zero-order valence-electron chi connectivity index (χ0n) is 6.51. The monoisotopic (exact) mass is 139 g/mol. The van der Waals surface area contributed by atoms with E-state index < -0.39 is 0 Å². The summed E-state index contributed by atoms with van der Waals surface area (Å²) in [7, 11) is 1.61. The van der Waals surface area contributed by atoms with E-state index >= 15 is 0 Å². The Balaban J connectivity index is 2.81. The van der Waals surface area contributed by atoms with Crippen LogP contribution in [0.3, 0.4) is 0 Å². The zero-order chi connectivity index (χ0) is 7.56. The second-order valence-corrected chi connectivity index (χ2v) is 2.13. The normalized spacial score (nSPS) is 16.9. The fraction of sp³-hybridized carbons (Fsp3) is 0.571. The molecule has 0 bridgehead atoms. The van der Waals surface area contributed by atoms with Gasteiger partial charge in [0.25, 0.3) is 0 Å².